The van der Waals surface area contributed by atoms with Gasteiger partial charge in [0.15, 0.2) is 0 Å². The summed E-state index contributed by atoms with van der Waals surface area (Å²) in [5.41, 5.74) is 4.96. The van der Waals surface area contributed by atoms with Crippen molar-refractivity contribution in [2.24, 2.45) is 0 Å². The normalized spacial score (nSPS) is 10.6. The molecular formula is C25H22N4O3. The van der Waals surface area contributed by atoms with Crippen LogP contribution in [0.2, 0.25) is 0 Å². The van der Waals surface area contributed by atoms with Gasteiger partial charge in [0, 0.05) is 11.1 Å². The number of rotatable bonds is 6. The zero-order valence-corrected chi connectivity index (χ0v) is 17.8. The minimum Gasteiger partial charge on any atom is -0.462 e. The Morgan fingerprint density at radius 2 is 1.69 bits per heavy atom. The molecule has 4 aromatic rings. The van der Waals surface area contributed by atoms with Crippen molar-refractivity contribution in [3.63, 3.8) is 0 Å². The van der Waals surface area contributed by atoms with Crippen molar-refractivity contribution in [3.8, 4) is 16.9 Å². The Morgan fingerprint density at radius 1 is 0.969 bits per heavy atom. The number of anilines is 1. The number of esters is 1. The average Bonchev–Trinajstić information content (AvgIpc) is 3.30. The molecule has 1 amide bonds. The predicted molar refractivity (Wildman–Crippen MR) is 122 cm³/mol. The van der Waals surface area contributed by atoms with Gasteiger partial charge in [0.05, 0.1) is 35.4 Å². The molecule has 1 N–H and O–H groups in total. The number of aryl methyl sites for hydroxylation is 1. The van der Waals surface area contributed by atoms with Crippen LogP contribution in [0.5, 0.6) is 0 Å². The highest BCUT2D eigenvalue weighted by Gasteiger charge is 2.15. The van der Waals surface area contributed by atoms with E-state index in [1.807, 2.05) is 31.2 Å². The summed E-state index contributed by atoms with van der Waals surface area (Å²) in [6.45, 7) is 4.03. The standard InChI is InChI=1S/C25H22N4O3/c1-3-32-25(31)21-6-4-5-7-22(21)27-24(30)19-12-14-20(15-13-19)29-23(16-26-28-29)18-10-8-17(2)9-11-18/h4-16H,3H2,1-2H3,(H,27,30). The molecule has 7 nitrogen and oxygen atoms in total. The van der Waals surface area contributed by atoms with Gasteiger partial charge >= 0.3 is 5.97 Å². The summed E-state index contributed by atoms with van der Waals surface area (Å²) >= 11 is 0. The van der Waals surface area contributed by atoms with Crippen LogP contribution in [0.1, 0.15) is 33.2 Å². The Hall–Kier alpha value is -4.26. The van der Waals surface area contributed by atoms with E-state index in [0.717, 1.165) is 16.9 Å². The van der Waals surface area contributed by atoms with Crippen LogP contribution in [0.15, 0.2) is 79.0 Å². The number of nitrogens with zero attached hydrogens (tertiary/aromatic N) is 3. The van der Waals surface area contributed by atoms with E-state index >= 15 is 0 Å². The van der Waals surface area contributed by atoms with Crippen molar-refractivity contribution in [1.29, 1.82) is 0 Å². The second-order valence-electron chi connectivity index (χ2n) is 7.16. The molecule has 0 fully saturated rings. The number of para-hydroxylation sites is 1. The molecule has 0 saturated heterocycles. The maximum atomic E-state index is 12.8. The summed E-state index contributed by atoms with van der Waals surface area (Å²) in [5, 5.41) is 11.0. The second-order valence-corrected chi connectivity index (χ2v) is 7.16. The van der Waals surface area contributed by atoms with Crippen molar-refractivity contribution in [3.05, 3.63) is 95.7 Å². The third kappa shape index (κ3) is 4.41. The van der Waals surface area contributed by atoms with Gasteiger partial charge in [-0.05, 0) is 50.2 Å². The number of aromatic nitrogens is 3. The number of amides is 1. The third-order valence-corrected chi connectivity index (χ3v) is 4.94. The van der Waals surface area contributed by atoms with Gasteiger partial charge in [-0.2, -0.15) is 0 Å². The lowest BCUT2D eigenvalue weighted by atomic mass is 10.1. The predicted octanol–water partition coefficient (Wildman–Crippen LogP) is 4.67. The van der Waals surface area contributed by atoms with Gasteiger partial charge < -0.3 is 10.1 Å². The zero-order valence-electron chi connectivity index (χ0n) is 17.8. The third-order valence-electron chi connectivity index (χ3n) is 4.94. The van der Waals surface area contributed by atoms with Crippen LogP contribution in [0.25, 0.3) is 16.9 Å². The summed E-state index contributed by atoms with van der Waals surface area (Å²) in [6, 6.07) is 21.9. The molecule has 0 saturated carbocycles. The van der Waals surface area contributed by atoms with E-state index in [4.69, 9.17) is 4.74 Å². The van der Waals surface area contributed by atoms with Crippen LogP contribution in [0.4, 0.5) is 5.69 Å². The molecular weight excluding hydrogens is 404 g/mol. The molecule has 32 heavy (non-hydrogen) atoms. The first kappa shape index (κ1) is 21.0. The van der Waals surface area contributed by atoms with Gasteiger partial charge in [0.2, 0.25) is 0 Å². The summed E-state index contributed by atoms with van der Waals surface area (Å²) in [6.07, 6.45) is 1.71. The summed E-state index contributed by atoms with van der Waals surface area (Å²) < 4.78 is 6.79. The largest absolute Gasteiger partial charge is 0.462 e. The number of hydrogen-bond donors (Lipinski definition) is 1. The number of carbonyl (C=O) groups excluding carboxylic acids is 2. The number of carbonyl (C=O) groups is 2. The fraction of sp³-hybridized carbons (Fsp3) is 0.120. The van der Waals surface area contributed by atoms with E-state index in [1.54, 1.807) is 66.3 Å². The van der Waals surface area contributed by atoms with Gasteiger partial charge in [-0.1, -0.05) is 47.2 Å². The van der Waals surface area contributed by atoms with Crippen molar-refractivity contribution in [2.75, 3.05) is 11.9 Å². The van der Waals surface area contributed by atoms with E-state index in [1.165, 1.54) is 5.56 Å². The highest BCUT2D eigenvalue weighted by molar-refractivity contribution is 6.08. The minimum absolute atomic E-state index is 0.259. The second kappa shape index (κ2) is 9.26. The number of hydrogen-bond acceptors (Lipinski definition) is 5. The first-order valence-electron chi connectivity index (χ1n) is 10.2. The van der Waals surface area contributed by atoms with Crippen LogP contribution in [-0.4, -0.2) is 33.5 Å². The first-order valence-corrected chi connectivity index (χ1v) is 10.2. The molecule has 0 aliphatic rings. The summed E-state index contributed by atoms with van der Waals surface area (Å²) in [4.78, 5) is 24.9. The van der Waals surface area contributed by atoms with Gasteiger partial charge in [0.25, 0.3) is 5.91 Å². The zero-order chi connectivity index (χ0) is 22.5. The molecule has 7 heteroatoms. The van der Waals surface area contributed by atoms with E-state index in [2.05, 4.69) is 15.6 Å². The minimum atomic E-state index is -0.478. The fourth-order valence-corrected chi connectivity index (χ4v) is 3.27. The van der Waals surface area contributed by atoms with Gasteiger partial charge in [0.1, 0.15) is 0 Å². The van der Waals surface area contributed by atoms with Crippen molar-refractivity contribution in [2.45, 2.75) is 13.8 Å². The highest BCUT2D eigenvalue weighted by atomic mass is 16.5. The molecule has 0 spiro atoms. The van der Waals surface area contributed by atoms with Crippen LogP contribution in [0, 0.1) is 6.92 Å². The Bertz CT molecular complexity index is 1240. The Labute approximate surface area is 185 Å². The van der Waals surface area contributed by atoms with Crippen molar-refractivity contribution >= 4 is 17.6 Å². The molecule has 1 aromatic heterocycles. The maximum Gasteiger partial charge on any atom is 0.340 e. The van der Waals surface area contributed by atoms with Crippen LogP contribution >= 0.6 is 0 Å². The Kier molecular flexibility index (Phi) is 6.07. The smallest absolute Gasteiger partial charge is 0.340 e. The van der Waals surface area contributed by atoms with Crippen LogP contribution in [-0.2, 0) is 4.74 Å². The molecule has 0 aliphatic carbocycles. The number of ether oxygens (including phenoxy) is 1. The number of benzene rings is 3. The summed E-state index contributed by atoms with van der Waals surface area (Å²) in [5.74, 6) is -0.806. The van der Waals surface area contributed by atoms with E-state index < -0.39 is 5.97 Å². The molecule has 160 valence electrons. The van der Waals surface area contributed by atoms with Gasteiger partial charge in [-0.3, -0.25) is 4.79 Å². The molecule has 0 unspecified atom stereocenters. The highest BCUT2D eigenvalue weighted by Crippen LogP contribution is 2.23. The maximum absolute atomic E-state index is 12.8. The molecule has 4 rings (SSSR count). The fourth-order valence-electron chi connectivity index (χ4n) is 3.27. The molecule has 0 bridgehead atoms. The molecule has 1 heterocycles. The lowest BCUT2D eigenvalue weighted by Gasteiger charge is -2.11. The number of nitrogens with one attached hydrogen (secondary N) is 1. The van der Waals surface area contributed by atoms with Crippen molar-refractivity contribution in [1.82, 2.24) is 15.0 Å². The van der Waals surface area contributed by atoms with Crippen LogP contribution in [0.3, 0.4) is 0 Å². The molecule has 0 aliphatic heterocycles. The first-order chi connectivity index (χ1) is 15.6. The lowest BCUT2D eigenvalue weighted by Crippen LogP contribution is -2.16. The molecule has 3 aromatic carbocycles. The van der Waals surface area contributed by atoms with E-state index in [0.29, 0.717) is 16.8 Å². The van der Waals surface area contributed by atoms with Crippen molar-refractivity contribution < 1.29 is 14.3 Å². The Morgan fingerprint density at radius 3 is 2.41 bits per heavy atom. The average molecular weight is 426 g/mol. The van der Waals surface area contributed by atoms with Gasteiger partial charge in [-0.15, -0.1) is 5.10 Å². The lowest BCUT2D eigenvalue weighted by molar-refractivity contribution is 0.0527. The topological polar surface area (TPSA) is 86.1 Å². The molecule has 0 radical (unpaired) electrons. The van der Waals surface area contributed by atoms with Crippen LogP contribution < -0.4 is 5.32 Å². The quantitative estimate of drug-likeness (QED) is 0.453. The van der Waals surface area contributed by atoms with E-state index in [9.17, 15) is 9.59 Å². The Balaban J connectivity index is 1.55. The molecule has 0 atom stereocenters. The monoisotopic (exact) mass is 426 g/mol. The summed E-state index contributed by atoms with van der Waals surface area (Å²) in [7, 11) is 0. The SMILES string of the molecule is CCOC(=O)c1ccccc1NC(=O)c1ccc(-n2nncc2-c2ccc(C)cc2)cc1. The van der Waals surface area contributed by atoms with E-state index in [-0.39, 0.29) is 12.5 Å². The van der Waals surface area contributed by atoms with Gasteiger partial charge in [-0.25, -0.2) is 9.48 Å².